The number of hydrogen-bond donors (Lipinski definition) is 2. The molecule has 3 nitrogen and oxygen atoms in total. The van der Waals surface area contributed by atoms with Crippen molar-refractivity contribution in [2.24, 2.45) is 0 Å². The molecular formula is C13H16N2O. The molecular weight excluding hydrogens is 200 g/mol. The van der Waals surface area contributed by atoms with Gasteiger partial charge in [0.2, 0.25) is 5.91 Å². The van der Waals surface area contributed by atoms with Gasteiger partial charge in [-0.05, 0) is 17.5 Å². The molecule has 1 unspecified atom stereocenters. The topological polar surface area (TPSA) is 41.1 Å². The lowest BCUT2D eigenvalue weighted by Gasteiger charge is -2.25. The van der Waals surface area contributed by atoms with Crippen molar-refractivity contribution >= 4 is 5.91 Å². The summed E-state index contributed by atoms with van der Waals surface area (Å²) in [6.45, 7) is 4.95. The van der Waals surface area contributed by atoms with Crippen molar-refractivity contribution in [2.75, 3.05) is 13.1 Å². The van der Waals surface area contributed by atoms with E-state index in [0.29, 0.717) is 6.54 Å². The highest BCUT2D eigenvalue weighted by molar-refractivity contribution is 5.84. The summed E-state index contributed by atoms with van der Waals surface area (Å²) < 4.78 is 0. The first-order valence-corrected chi connectivity index (χ1v) is 5.52. The minimum absolute atomic E-state index is 0.0204. The Balaban J connectivity index is 2.18. The molecule has 0 aliphatic carbocycles. The van der Waals surface area contributed by atoms with Gasteiger partial charge in [-0.2, -0.15) is 0 Å². The van der Waals surface area contributed by atoms with Crippen molar-refractivity contribution in [3.8, 4) is 0 Å². The second kappa shape index (κ2) is 4.94. The van der Waals surface area contributed by atoms with Gasteiger partial charge in [-0.3, -0.25) is 4.79 Å². The predicted molar refractivity (Wildman–Crippen MR) is 64.1 cm³/mol. The first-order valence-electron chi connectivity index (χ1n) is 5.52. The fraction of sp³-hybridized carbons (Fsp3) is 0.308. The highest BCUT2D eigenvalue weighted by Crippen LogP contribution is 2.22. The maximum Gasteiger partial charge on any atom is 0.241 e. The molecule has 1 aliphatic rings. The summed E-state index contributed by atoms with van der Waals surface area (Å²) in [4.78, 5) is 11.9. The van der Waals surface area contributed by atoms with Crippen molar-refractivity contribution in [1.82, 2.24) is 10.6 Å². The lowest BCUT2D eigenvalue weighted by Crippen LogP contribution is -2.41. The Morgan fingerprint density at radius 2 is 2.38 bits per heavy atom. The molecule has 0 spiro atoms. The van der Waals surface area contributed by atoms with Crippen LogP contribution >= 0.6 is 0 Å². The molecule has 3 heteroatoms. The molecule has 0 saturated heterocycles. The van der Waals surface area contributed by atoms with Crippen LogP contribution in [0.3, 0.4) is 0 Å². The lowest BCUT2D eigenvalue weighted by atomic mass is 9.94. The van der Waals surface area contributed by atoms with E-state index in [1.165, 1.54) is 5.56 Å². The van der Waals surface area contributed by atoms with Crippen molar-refractivity contribution in [1.29, 1.82) is 0 Å². The van der Waals surface area contributed by atoms with Crippen LogP contribution in [-0.2, 0) is 11.2 Å². The van der Waals surface area contributed by atoms with E-state index in [9.17, 15) is 4.79 Å². The Hall–Kier alpha value is -1.61. The van der Waals surface area contributed by atoms with Crippen LogP contribution in [0.15, 0.2) is 36.9 Å². The quantitative estimate of drug-likeness (QED) is 0.745. The SMILES string of the molecule is C=CCNC(=O)C1NCCc2ccccc21. The van der Waals surface area contributed by atoms with Gasteiger partial charge in [0.05, 0.1) is 0 Å². The zero-order chi connectivity index (χ0) is 11.4. The van der Waals surface area contributed by atoms with E-state index in [2.05, 4.69) is 23.3 Å². The summed E-state index contributed by atoms with van der Waals surface area (Å²) in [5, 5.41) is 6.06. The molecule has 0 fully saturated rings. The largest absolute Gasteiger partial charge is 0.351 e. The van der Waals surface area contributed by atoms with E-state index in [4.69, 9.17) is 0 Å². The van der Waals surface area contributed by atoms with Crippen LogP contribution in [0.2, 0.25) is 0 Å². The molecule has 0 aromatic heterocycles. The predicted octanol–water partition coefficient (Wildman–Crippen LogP) is 1.18. The zero-order valence-corrected chi connectivity index (χ0v) is 9.20. The second-order valence-corrected chi connectivity index (χ2v) is 3.87. The summed E-state index contributed by atoms with van der Waals surface area (Å²) in [7, 11) is 0. The molecule has 0 radical (unpaired) electrons. The Morgan fingerprint density at radius 1 is 1.56 bits per heavy atom. The second-order valence-electron chi connectivity index (χ2n) is 3.87. The monoisotopic (exact) mass is 216 g/mol. The molecule has 16 heavy (non-hydrogen) atoms. The van der Waals surface area contributed by atoms with Gasteiger partial charge >= 0.3 is 0 Å². The van der Waals surface area contributed by atoms with E-state index in [0.717, 1.165) is 18.5 Å². The number of fused-ring (bicyclic) bond motifs is 1. The number of nitrogens with one attached hydrogen (secondary N) is 2. The summed E-state index contributed by atoms with van der Waals surface area (Å²) in [6.07, 6.45) is 2.67. The first-order chi connectivity index (χ1) is 7.83. The summed E-state index contributed by atoms with van der Waals surface area (Å²) in [5.74, 6) is 0.0204. The Labute approximate surface area is 95.6 Å². The van der Waals surface area contributed by atoms with E-state index in [1.54, 1.807) is 6.08 Å². The van der Waals surface area contributed by atoms with Crippen LogP contribution in [0.25, 0.3) is 0 Å². The van der Waals surface area contributed by atoms with Crippen molar-refractivity contribution < 1.29 is 4.79 Å². The van der Waals surface area contributed by atoms with Gasteiger partial charge in [0.1, 0.15) is 6.04 Å². The van der Waals surface area contributed by atoms with Crippen molar-refractivity contribution in [3.05, 3.63) is 48.0 Å². The molecule has 0 bridgehead atoms. The van der Waals surface area contributed by atoms with E-state index in [-0.39, 0.29) is 11.9 Å². The molecule has 1 heterocycles. The number of benzene rings is 1. The average Bonchev–Trinajstić information content (AvgIpc) is 2.35. The van der Waals surface area contributed by atoms with Crippen LogP contribution in [0.5, 0.6) is 0 Å². The number of hydrogen-bond acceptors (Lipinski definition) is 2. The summed E-state index contributed by atoms with van der Waals surface area (Å²) >= 11 is 0. The smallest absolute Gasteiger partial charge is 0.241 e. The van der Waals surface area contributed by atoms with Gasteiger partial charge in [-0.25, -0.2) is 0 Å². The maximum absolute atomic E-state index is 11.9. The van der Waals surface area contributed by atoms with Crippen LogP contribution in [-0.4, -0.2) is 19.0 Å². The maximum atomic E-state index is 11.9. The highest BCUT2D eigenvalue weighted by Gasteiger charge is 2.24. The highest BCUT2D eigenvalue weighted by atomic mass is 16.2. The van der Waals surface area contributed by atoms with Gasteiger partial charge in [0.25, 0.3) is 0 Å². The minimum atomic E-state index is -0.218. The Kier molecular flexibility index (Phi) is 3.37. The normalized spacial score (nSPS) is 18.6. The van der Waals surface area contributed by atoms with Crippen molar-refractivity contribution in [3.63, 3.8) is 0 Å². The fourth-order valence-electron chi connectivity index (χ4n) is 2.01. The third-order valence-electron chi connectivity index (χ3n) is 2.79. The van der Waals surface area contributed by atoms with Crippen molar-refractivity contribution in [2.45, 2.75) is 12.5 Å². The molecule has 1 atom stereocenters. The molecule has 1 amide bonds. The first kappa shape index (κ1) is 10.9. The molecule has 2 rings (SSSR count). The molecule has 1 aromatic rings. The zero-order valence-electron chi connectivity index (χ0n) is 9.20. The molecule has 1 aliphatic heterocycles. The Bertz CT molecular complexity index is 401. The standard InChI is InChI=1S/C13H16N2O/c1-2-8-15-13(16)12-11-6-4-3-5-10(11)7-9-14-12/h2-6,12,14H,1,7-9H2,(H,15,16). The van der Waals surface area contributed by atoms with Crippen LogP contribution in [0.1, 0.15) is 17.2 Å². The van der Waals surface area contributed by atoms with E-state index in [1.807, 2.05) is 18.2 Å². The number of carbonyl (C=O) groups excluding carboxylic acids is 1. The minimum Gasteiger partial charge on any atom is -0.351 e. The molecule has 2 N–H and O–H groups in total. The van der Waals surface area contributed by atoms with Gasteiger partial charge in [-0.1, -0.05) is 30.3 Å². The van der Waals surface area contributed by atoms with Gasteiger partial charge in [0, 0.05) is 13.1 Å². The average molecular weight is 216 g/mol. The summed E-state index contributed by atoms with van der Waals surface area (Å²) in [5.41, 5.74) is 2.36. The Morgan fingerprint density at radius 3 is 3.19 bits per heavy atom. The molecule has 0 saturated carbocycles. The molecule has 1 aromatic carbocycles. The summed E-state index contributed by atoms with van der Waals surface area (Å²) in [6, 6.07) is 7.87. The van der Waals surface area contributed by atoms with E-state index >= 15 is 0 Å². The van der Waals surface area contributed by atoms with Crippen LogP contribution < -0.4 is 10.6 Å². The van der Waals surface area contributed by atoms with Crippen LogP contribution in [0.4, 0.5) is 0 Å². The third kappa shape index (κ3) is 2.14. The third-order valence-corrected chi connectivity index (χ3v) is 2.79. The van der Waals surface area contributed by atoms with Gasteiger partial charge in [0.15, 0.2) is 0 Å². The van der Waals surface area contributed by atoms with Gasteiger partial charge < -0.3 is 10.6 Å². The fourth-order valence-corrected chi connectivity index (χ4v) is 2.01. The molecule has 84 valence electrons. The van der Waals surface area contributed by atoms with Gasteiger partial charge in [-0.15, -0.1) is 6.58 Å². The number of rotatable bonds is 3. The number of carbonyl (C=O) groups is 1. The lowest BCUT2D eigenvalue weighted by molar-refractivity contribution is -0.123. The van der Waals surface area contributed by atoms with Crippen LogP contribution in [0, 0.1) is 0 Å². The van der Waals surface area contributed by atoms with E-state index < -0.39 is 0 Å². The number of amides is 1.